The second kappa shape index (κ2) is 7.56. The first-order valence-electron chi connectivity index (χ1n) is 8.27. The topological polar surface area (TPSA) is 12.9 Å². The first-order valence-corrected chi connectivity index (χ1v) is 9.09. The van der Waals surface area contributed by atoms with Crippen LogP contribution in [-0.2, 0) is 12.8 Å². The molecular weight excluding hydrogens is 298 g/mol. The average molecular weight is 320 g/mol. The van der Waals surface area contributed by atoms with Gasteiger partial charge in [0.25, 0.3) is 0 Å². The normalized spacial score (nSPS) is 10.9. The zero-order valence-electron chi connectivity index (χ0n) is 13.8. The van der Waals surface area contributed by atoms with Crippen LogP contribution in [-0.4, -0.2) is 4.98 Å². The number of benzene rings is 2. The van der Waals surface area contributed by atoms with Gasteiger partial charge in [-0.3, -0.25) is 0 Å². The molecule has 0 amide bonds. The molecule has 0 bridgehead atoms. The summed E-state index contributed by atoms with van der Waals surface area (Å²) < 4.78 is 0. The van der Waals surface area contributed by atoms with Gasteiger partial charge >= 0.3 is 0 Å². The van der Waals surface area contributed by atoms with E-state index in [4.69, 9.17) is 4.98 Å². The predicted octanol–water partition coefficient (Wildman–Crippen LogP) is 5.85. The zero-order valence-corrected chi connectivity index (χ0v) is 14.6. The molecule has 2 heteroatoms. The number of thiazole rings is 1. The standard InChI is InChI=1S/C21H22NS/c1-3-4-10-20-21(23-16(2)22-20)15-17-11-13-19(14-12-17)18-8-6-5-7-9-18/h5-8,11-14H,3-4,10,15H2,1-2H3. The van der Waals surface area contributed by atoms with Crippen LogP contribution in [0.2, 0.25) is 0 Å². The van der Waals surface area contributed by atoms with E-state index >= 15 is 0 Å². The highest BCUT2D eigenvalue weighted by Gasteiger charge is 2.09. The van der Waals surface area contributed by atoms with E-state index in [1.807, 2.05) is 23.5 Å². The van der Waals surface area contributed by atoms with Crippen LogP contribution < -0.4 is 0 Å². The fourth-order valence-electron chi connectivity index (χ4n) is 2.75. The van der Waals surface area contributed by atoms with Crippen LogP contribution in [0.15, 0.2) is 48.5 Å². The molecule has 2 aromatic carbocycles. The summed E-state index contributed by atoms with van der Waals surface area (Å²) in [5.74, 6) is 0. The lowest BCUT2D eigenvalue weighted by Crippen LogP contribution is -1.93. The molecule has 0 aliphatic heterocycles. The smallest absolute Gasteiger partial charge is 0.0900 e. The minimum atomic E-state index is 0.989. The van der Waals surface area contributed by atoms with Crippen LogP contribution in [0, 0.1) is 13.0 Å². The Morgan fingerprint density at radius 3 is 2.61 bits per heavy atom. The number of aryl methyl sites for hydroxylation is 2. The maximum absolute atomic E-state index is 4.72. The average Bonchev–Trinajstić information content (AvgIpc) is 2.94. The summed E-state index contributed by atoms with van der Waals surface area (Å²) in [5.41, 5.74) is 5.03. The number of nitrogens with zero attached hydrogens (tertiary/aromatic N) is 1. The monoisotopic (exact) mass is 320 g/mol. The van der Waals surface area contributed by atoms with Gasteiger partial charge in [-0.1, -0.05) is 61.9 Å². The van der Waals surface area contributed by atoms with Crippen LogP contribution in [0.1, 0.15) is 40.9 Å². The van der Waals surface area contributed by atoms with E-state index in [2.05, 4.69) is 56.3 Å². The van der Waals surface area contributed by atoms with Gasteiger partial charge in [0.05, 0.1) is 10.7 Å². The first-order chi connectivity index (χ1) is 11.3. The van der Waals surface area contributed by atoms with E-state index in [9.17, 15) is 0 Å². The van der Waals surface area contributed by atoms with Crippen LogP contribution in [0.4, 0.5) is 0 Å². The molecule has 1 heterocycles. The van der Waals surface area contributed by atoms with E-state index < -0.39 is 0 Å². The zero-order chi connectivity index (χ0) is 16.1. The largest absolute Gasteiger partial charge is 0.246 e. The Bertz CT molecular complexity index is 741. The molecule has 0 fully saturated rings. The lowest BCUT2D eigenvalue weighted by Gasteiger charge is -2.05. The van der Waals surface area contributed by atoms with Crippen molar-refractivity contribution in [2.45, 2.75) is 39.5 Å². The number of aromatic nitrogens is 1. The molecule has 0 atom stereocenters. The summed E-state index contributed by atoms with van der Waals surface area (Å²) in [7, 11) is 0. The van der Waals surface area contributed by atoms with E-state index in [0.29, 0.717) is 0 Å². The van der Waals surface area contributed by atoms with E-state index in [-0.39, 0.29) is 0 Å². The second-order valence-corrected chi connectivity index (χ2v) is 7.14. The SMILES string of the molecule is CCCCc1nc(C)sc1Cc1ccc(-c2[c]cccc2)cc1. The predicted molar refractivity (Wildman–Crippen MR) is 99.0 cm³/mol. The molecule has 1 aromatic heterocycles. The molecule has 23 heavy (non-hydrogen) atoms. The van der Waals surface area contributed by atoms with Crippen molar-refractivity contribution in [3.63, 3.8) is 0 Å². The lowest BCUT2D eigenvalue weighted by atomic mass is 10.0. The van der Waals surface area contributed by atoms with E-state index in [1.165, 1.54) is 39.5 Å². The summed E-state index contributed by atoms with van der Waals surface area (Å²) >= 11 is 1.84. The molecule has 0 unspecified atom stereocenters. The molecule has 3 rings (SSSR count). The number of hydrogen-bond donors (Lipinski definition) is 0. The molecule has 0 saturated heterocycles. The van der Waals surface area contributed by atoms with Gasteiger partial charge in [-0.15, -0.1) is 11.3 Å². The molecule has 3 aromatic rings. The summed E-state index contributed by atoms with van der Waals surface area (Å²) in [6, 6.07) is 20.3. The minimum absolute atomic E-state index is 0.989. The van der Waals surface area contributed by atoms with Crippen LogP contribution in [0.3, 0.4) is 0 Å². The molecular formula is C21H22NS. The van der Waals surface area contributed by atoms with E-state index in [0.717, 1.165) is 18.4 Å². The van der Waals surface area contributed by atoms with Crippen molar-refractivity contribution in [1.29, 1.82) is 0 Å². The molecule has 1 nitrogen and oxygen atoms in total. The van der Waals surface area contributed by atoms with Crippen molar-refractivity contribution in [1.82, 2.24) is 4.98 Å². The Balaban J connectivity index is 1.76. The Labute approximate surface area is 143 Å². The Kier molecular flexibility index (Phi) is 5.24. The van der Waals surface area contributed by atoms with Gasteiger partial charge in [0, 0.05) is 11.3 Å². The van der Waals surface area contributed by atoms with Gasteiger partial charge < -0.3 is 0 Å². The Hall–Kier alpha value is -1.93. The molecule has 0 spiro atoms. The third kappa shape index (κ3) is 4.08. The summed E-state index contributed by atoms with van der Waals surface area (Å²) in [5, 5.41) is 1.18. The molecule has 0 aliphatic rings. The van der Waals surface area contributed by atoms with Crippen molar-refractivity contribution in [2.75, 3.05) is 0 Å². The van der Waals surface area contributed by atoms with Gasteiger partial charge in [0.1, 0.15) is 0 Å². The Morgan fingerprint density at radius 1 is 1.09 bits per heavy atom. The van der Waals surface area contributed by atoms with Gasteiger partial charge in [-0.05, 0) is 42.5 Å². The highest BCUT2D eigenvalue weighted by molar-refractivity contribution is 7.11. The van der Waals surface area contributed by atoms with Gasteiger partial charge in [-0.2, -0.15) is 0 Å². The van der Waals surface area contributed by atoms with Crippen LogP contribution >= 0.6 is 11.3 Å². The minimum Gasteiger partial charge on any atom is -0.246 e. The maximum Gasteiger partial charge on any atom is 0.0900 e. The van der Waals surface area contributed by atoms with Gasteiger partial charge in [0.2, 0.25) is 0 Å². The molecule has 0 saturated carbocycles. The van der Waals surface area contributed by atoms with Crippen molar-refractivity contribution in [3.8, 4) is 11.1 Å². The van der Waals surface area contributed by atoms with Crippen LogP contribution in [0.25, 0.3) is 11.1 Å². The number of hydrogen-bond acceptors (Lipinski definition) is 2. The van der Waals surface area contributed by atoms with Gasteiger partial charge in [-0.25, -0.2) is 4.98 Å². The second-order valence-electron chi connectivity index (χ2n) is 5.86. The fourth-order valence-corrected chi connectivity index (χ4v) is 3.77. The van der Waals surface area contributed by atoms with E-state index in [1.54, 1.807) is 0 Å². The molecule has 0 aliphatic carbocycles. The summed E-state index contributed by atoms with van der Waals surface area (Å²) in [6.45, 7) is 4.34. The maximum atomic E-state index is 4.72. The third-order valence-electron chi connectivity index (χ3n) is 3.99. The first kappa shape index (κ1) is 15.9. The highest BCUT2D eigenvalue weighted by Crippen LogP contribution is 2.25. The highest BCUT2D eigenvalue weighted by atomic mass is 32.1. The lowest BCUT2D eigenvalue weighted by molar-refractivity contribution is 0.773. The molecule has 117 valence electrons. The fraction of sp³-hybridized carbons (Fsp3) is 0.286. The summed E-state index contributed by atoms with van der Waals surface area (Å²) in [4.78, 5) is 6.15. The van der Waals surface area contributed by atoms with Crippen molar-refractivity contribution >= 4 is 11.3 Å². The molecule has 0 N–H and O–H groups in total. The number of unbranched alkanes of at least 4 members (excludes halogenated alkanes) is 1. The summed E-state index contributed by atoms with van der Waals surface area (Å²) in [6.07, 6.45) is 4.54. The van der Waals surface area contributed by atoms with Crippen molar-refractivity contribution < 1.29 is 0 Å². The Morgan fingerprint density at radius 2 is 1.91 bits per heavy atom. The van der Waals surface area contributed by atoms with Gasteiger partial charge in [0.15, 0.2) is 0 Å². The van der Waals surface area contributed by atoms with Crippen LogP contribution in [0.5, 0.6) is 0 Å². The number of rotatable bonds is 6. The quantitative estimate of drug-likeness (QED) is 0.555. The van der Waals surface area contributed by atoms with Crippen molar-refractivity contribution in [3.05, 3.63) is 75.7 Å². The van der Waals surface area contributed by atoms with Crippen molar-refractivity contribution in [2.24, 2.45) is 0 Å². The third-order valence-corrected chi connectivity index (χ3v) is 5.00. The molecule has 1 radical (unpaired) electrons.